The number of amides is 1. The molecule has 1 aliphatic heterocycles. The smallest absolute Gasteiger partial charge is 0.237 e. The highest BCUT2D eigenvalue weighted by atomic mass is 16.5. The molecule has 1 aliphatic rings. The predicted molar refractivity (Wildman–Crippen MR) is 50.5 cm³/mol. The molecule has 0 aliphatic carbocycles. The van der Waals surface area contributed by atoms with Crippen molar-refractivity contribution < 1.29 is 9.53 Å². The fourth-order valence-corrected chi connectivity index (χ4v) is 1.46. The zero-order valence-corrected chi connectivity index (χ0v) is 8.14. The molecule has 1 rings (SSSR count). The summed E-state index contributed by atoms with van der Waals surface area (Å²) in [5.41, 5.74) is 0. The van der Waals surface area contributed by atoms with Crippen molar-refractivity contribution in [3.63, 3.8) is 0 Å². The Morgan fingerprint density at radius 2 is 2.54 bits per heavy atom. The van der Waals surface area contributed by atoms with Crippen LogP contribution in [-0.2, 0) is 9.53 Å². The molecule has 13 heavy (non-hydrogen) atoms. The van der Waals surface area contributed by atoms with Crippen LogP contribution < -0.4 is 10.6 Å². The van der Waals surface area contributed by atoms with Crippen LogP contribution in [0.1, 0.15) is 19.3 Å². The van der Waals surface area contributed by atoms with Gasteiger partial charge in [-0.15, -0.1) is 0 Å². The minimum Gasteiger partial charge on any atom is -0.385 e. The molecule has 76 valence electrons. The number of ether oxygens (including phenoxy) is 1. The zero-order chi connectivity index (χ0) is 9.52. The zero-order valence-electron chi connectivity index (χ0n) is 8.14. The average Bonchev–Trinajstić information content (AvgIpc) is 2.65. The minimum absolute atomic E-state index is 0.0440. The van der Waals surface area contributed by atoms with E-state index in [1.807, 2.05) is 0 Å². The summed E-state index contributed by atoms with van der Waals surface area (Å²) in [6, 6.07) is 0.0440. The molecule has 0 spiro atoms. The molecule has 4 nitrogen and oxygen atoms in total. The van der Waals surface area contributed by atoms with E-state index in [1.54, 1.807) is 7.11 Å². The molecular weight excluding hydrogens is 168 g/mol. The maximum atomic E-state index is 11.4. The molecule has 0 radical (unpaired) electrons. The Labute approximate surface area is 79.0 Å². The molecule has 1 saturated heterocycles. The Hall–Kier alpha value is -0.610. The van der Waals surface area contributed by atoms with Crippen molar-refractivity contribution in [2.75, 3.05) is 26.8 Å². The molecule has 0 bridgehead atoms. The Morgan fingerprint density at radius 3 is 3.15 bits per heavy atom. The Bertz CT molecular complexity index is 156. The van der Waals surface area contributed by atoms with Crippen molar-refractivity contribution in [1.82, 2.24) is 10.6 Å². The van der Waals surface area contributed by atoms with E-state index in [0.717, 1.165) is 25.8 Å². The third-order valence-electron chi connectivity index (χ3n) is 2.20. The van der Waals surface area contributed by atoms with Crippen LogP contribution in [0.25, 0.3) is 0 Å². The van der Waals surface area contributed by atoms with E-state index >= 15 is 0 Å². The van der Waals surface area contributed by atoms with Gasteiger partial charge >= 0.3 is 0 Å². The van der Waals surface area contributed by atoms with E-state index in [4.69, 9.17) is 4.74 Å². The normalized spacial score (nSPS) is 21.8. The molecule has 1 amide bonds. The van der Waals surface area contributed by atoms with E-state index in [9.17, 15) is 4.79 Å². The first-order valence-electron chi connectivity index (χ1n) is 4.84. The third kappa shape index (κ3) is 3.74. The van der Waals surface area contributed by atoms with Crippen LogP contribution in [0.15, 0.2) is 0 Å². The van der Waals surface area contributed by atoms with Crippen LogP contribution in [-0.4, -0.2) is 38.8 Å². The van der Waals surface area contributed by atoms with Gasteiger partial charge in [0.15, 0.2) is 0 Å². The summed E-state index contributed by atoms with van der Waals surface area (Å²) >= 11 is 0. The molecule has 1 heterocycles. The van der Waals surface area contributed by atoms with Gasteiger partial charge in [-0.2, -0.15) is 0 Å². The van der Waals surface area contributed by atoms with Gasteiger partial charge in [0.1, 0.15) is 0 Å². The van der Waals surface area contributed by atoms with E-state index in [1.165, 1.54) is 0 Å². The van der Waals surface area contributed by atoms with E-state index < -0.39 is 0 Å². The van der Waals surface area contributed by atoms with Gasteiger partial charge in [0.2, 0.25) is 5.91 Å². The average molecular weight is 186 g/mol. The highest BCUT2D eigenvalue weighted by Crippen LogP contribution is 2.04. The maximum Gasteiger partial charge on any atom is 0.237 e. The lowest BCUT2D eigenvalue weighted by molar-refractivity contribution is -0.122. The SMILES string of the molecule is COCCCNC(=O)[C@H]1CCCN1. The number of hydrogen-bond donors (Lipinski definition) is 2. The first-order valence-corrected chi connectivity index (χ1v) is 4.84. The first kappa shape index (κ1) is 10.5. The molecule has 0 aromatic heterocycles. The third-order valence-corrected chi connectivity index (χ3v) is 2.20. The van der Waals surface area contributed by atoms with Crippen LogP contribution in [0.5, 0.6) is 0 Å². The molecule has 4 heteroatoms. The molecular formula is C9H18N2O2. The Kier molecular flexibility index (Phi) is 4.78. The van der Waals surface area contributed by atoms with Crippen LogP contribution in [0.2, 0.25) is 0 Å². The van der Waals surface area contributed by atoms with E-state index in [-0.39, 0.29) is 11.9 Å². The van der Waals surface area contributed by atoms with E-state index in [0.29, 0.717) is 13.2 Å². The molecule has 2 N–H and O–H groups in total. The van der Waals surface area contributed by atoms with Gasteiger partial charge in [-0.1, -0.05) is 0 Å². The monoisotopic (exact) mass is 186 g/mol. The number of carbonyl (C=O) groups is 1. The highest BCUT2D eigenvalue weighted by molar-refractivity contribution is 5.81. The van der Waals surface area contributed by atoms with Gasteiger partial charge in [0, 0.05) is 20.3 Å². The van der Waals surface area contributed by atoms with E-state index in [2.05, 4.69) is 10.6 Å². The van der Waals surface area contributed by atoms with Crippen molar-refractivity contribution in [1.29, 1.82) is 0 Å². The van der Waals surface area contributed by atoms with Crippen molar-refractivity contribution >= 4 is 5.91 Å². The Balaban J connectivity index is 2.03. The first-order chi connectivity index (χ1) is 6.34. The minimum atomic E-state index is 0.0440. The lowest BCUT2D eigenvalue weighted by atomic mass is 10.2. The van der Waals surface area contributed by atoms with Gasteiger partial charge in [-0.05, 0) is 25.8 Å². The van der Waals surface area contributed by atoms with Gasteiger partial charge in [0.25, 0.3) is 0 Å². The second-order valence-electron chi connectivity index (χ2n) is 3.29. The van der Waals surface area contributed by atoms with Crippen molar-refractivity contribution in [2.24, 2.45) is 0 Å². The van der Waals surface area contributed by atoms with Crippen molar-refractivity contribution in [3.8, 4) is 0 Å². The summed E-state index contributed by atoms with van der Waals surface area (Å²) in [6.45, 7) is 2.39. The predicted octanol–water partition coefficient (Wildman–Crippen LogP) is -0.109. The number of carbonyl (C=O) groups excluding carboxylic acids is 1. The molecule has 0 aromatic carbocycles. The molecule has 0 saturated carbocycles. The standard InChI is InChI=1S/C9H18N2O2/c1-13-7-3-6-11-9(12)8-4-2-5-10-8/h8,10H,2-7H2,1H3,(H,11,12)/t8-/m1/s1. The summed E-state index contributed by atoms with van der Waals surface area (Å²) in [5, 5.41) is 6.03. The van der Waals surface area contributed by atoms with Crippen LogP contribution in [0.4, 0.5) is 0 Å². The number of nitrogens with one attached hydrogen (secondary N) is 2. The van der Waals surface area contributed by atoms with Gasteiger partial charge in [-0.3, -0.25) is 4.79 Å². The summed E-state index contributed by atoms with van der Waals surface area (Å²) < 4.78 is 4.88. The summed E-state index contributed by atoms with van der Waals surface area (Å²) in [7, 11) is 1.67. The number of rotatable bonds is 5. The topological polar surface area (TPSA) is 50.4 Å². The summed E-state index contributed by atoms with van der Waals surface area (Å²) in [4.78, 5) is 11.4. The maximum absolute atomic E-state index is 11.4. The van der Waals surface area contributed by atoms with Crippen molar-refractivity contribution in [3.05, 3.63) is 0 Å². The fourth-order valence-electron chi connectivity index (χ4n) is 1.46. The largest absolute Gasteiger partial charge is 0.385 e. The second kappa shape index (κ2) is 5.94. The highest BCUT2D eigenvalue weighted by Gasteiger charge is 2.20. The van der Waals surface area contributed by atoms with Crippen molar-refractivity contribution in [2.45, 2.75) is 25.3 Å². The Morgan fingerprint density at radius 1 is 1.69 bits per heavy atom. The number of hydrogen-bond acceptors (Lipinski definition) is 3. The molecule has 0 aromatic rings. The molecule has 0 unspecified atom stereocenters. The molecule has 1 fully saturated rings. The summed E-state index contributed by atoms with van der Waals surface area (Å²) in [5.74, 6) is 0.133. The second-order valence-corrected chi connectivity index (χ2v) is 3.29. The fraction of sp³-hybridized carbons (Fsp3) is 0.889. The lowest BCUT2D eigenvalue weighted by Crippen LogP contribution is -2.40. The quantitative estimate of drug-likeness (QED) is 0.589. The van der Waals surface area contributed by atoms with Gasteiger partial charge in [0.05, 0.1) is 6.04 Å². The van der Waals surface area contributed by atoms with Gasteiger partial charge in [-0.25, -0.2) is 0 Å². The van der Waals surface area contributed by atoms with Crippen LogP contribution >= 0.6 is 0 Å². The van der Waals surface area contributed by atoms with Gasteiger partial charge < -0.3 is 15.4 Å². The summed E-state index contributed by atoms with van der Waals surface area (Å²) in [6.07, 6.45) is 2.96. The van der Waals surface area contributed by atoms with Crippen LogP contribution in [0.3, 0.4) is 0 Å². The number of methoxy groups -OCH3 is 1. The van der Waals surface area contributed by atoms with Crippen LogP contribution in [0, 0.1) is 0 Å². The molecule has 1 atom stereocenters. The lowest BCUT2D eigenvalue weighted by Gasteiger charge is -2.10.